The van der Waals surface area contributed by atoms with Gasteiger partial charge in [0.05, 0.1) is 17.3 Å². The van der Waals surface area contributed by atoms with Gasteiger partial charge >= 0.3 is 7.12 Å². The van der Waals surface area contributed by atoms with Crippen molar-refractivity contribution in [1.82, 2.24) is 20.0 Å². The highest BCUT2D eigenvalue weighted by Gasteiger charge is 2.27. The van der Waals surface area contributed by atoms with Gasteiger partial charge < -0.3 is 15.0 Å². The van der Waals surface area contributed by atoms with Crippen molar-refractivity contribution in [3.63, 3.8) is 0 Å². The van der Waals surface area contributed by atoms with E-state index in [-0.39, 0.29) is 5.69 Å². The Morgan fingerprint density at radius 2 is 2.23 bits per heavy atom. The van der Waals surface area contributed by atoms with Crippen LogP contribution in [0.2, 0.25) is 5.02 Å². The average molecular weight is 370 g/mol. The zero-order valence-corrected chi connectivity index (χ0v) is 14.4. The van der Waals surface area contributed by atoms with Gasteiger partial charge in [-0.05, 0) is 42.2 Å². The molecule has 10 heteroatoms. The summed E-state index contributed by atoms with van der Waals surface area (Å²) in [6.45, 7) is 2.08. The number of carbonyl (C=O) groups is 1. The van der Waals surface area contributed by atoms with E-state index in [0.29, 0.717) is 34.3 Å². The van der Waals surface area contributed by atoms with Gasteiger partial charge in [0.15, 0.2) is 11.5 Å². The summed E-state index contributed by atoms with van der Waals surface area (Å²) in [5, 5.41) is 21.0. The Balaban J connectivity index is 1.58. The Morgan fingerprint density at radius 3 is 3.00 bits per heavy atom. The monoisotopic (exact) mass is 369 g/mol. The molecule has 4 rings (SSSR count). The van der Waals surface area contributed by atoms with Crippen LogP contribution < -0.4 is 10.8 Å². The summed E-state index contributed by atoms with van der Waals surface area (Å²) in [5.41, 5.74) is 2.80. The number of pyridine rings is 1. The van der Waals surface area contributed by atoms with Gasteiger partial charge in [-0.15, -0.1) is 5.10 Å². The molecule has 2 N–H and O–H groups in total. The van der Waals surface area contributed by atoms with Crippen LogP contribution in [-0.2, 0) is 11.3 Å². The quantitative estimate of drug-likeness (QED) is 0.670. The predicted octanol–water partition coefficient (Wildman–Crippen LogP) is 1.09. The molecule has 8 nitrogen and oxygen atoms in total. The standard InChI is InChI=1S/C16H13BClN5O3/c1-9-15(21-22-23(9)14-5-3-11(18)7-19-14)16(24)20-12-4-2-10-8-26-17(25)13(10)6-12/h2-7,25H,8H2,1H3,(H,20,24). The van der Waals surface area contributed by atoms with Crippen LogP contribution in [0, 0.1) is 6.92 Å². The second-order valence-electron chi connectivity index (χ2n) is 5.80. The SMILES string of the molecule is Cc1c(C(=O)Nc2ccc3c(c2)B(O)OC3)nnn1-c1ccc(Cl)cn1. The summed E-state index contributed by atoms with van der Waals surface area (Å²) in [5.74, 6) is 0.104. The van der Waals surface area contributed by atoms with Gasteiger partial charge in [-0.2, -0.15) is 4.68 Å². The number of carbonyl (C=O) groups excluding carboxylic acids is 1. The van der Waals surface area contributed by atoms with E-state index < -0.39 is 13.0 Å². The molecule has 0 bridgehead atoms. The van der Waals surface area contributed by atoms with Gasteiger partial charge in [0.25, 0.3) is 5.91 Å². The van der Waals surface area contributed by atoms with Crippen molar-refractivity contribution in [3.8, 4) is 5.82 Å². The molecular formula is C16H13BClN5O3. The van der Waals surface area contributed by atoms with Gasteiger partial charge in [0.2, 0.25) is 0 Å². The maximum absolute atomic E-state index is 12.6. The van der Waals surface area contributed by atoms with Crippen LogP contribution in [-0.4, -0.2) is 38.0 Å². The summed E-state index contributed by atoms with van der Waals surface area (Å²) >= 11 is 5.84. The highest BCUT2D eigenvalue weighted by Crippen LogP contribution is 2.17. The normalized spacial score (nSPS) is 13.0. The van der Waals surface area contributed by atoms with Gasteiger partial charge in [0, 0.05) is 11.9 Å². The molecule has 1 amide bonds. The highest BCUT2D eigenvalue weighted by atomic mass is 35.5. The summed E-state index contributed by atoms with van der Waals surface area (Å²) < 4.78 is 6.61. The molecule has 26 heavy (non-hydrogen) atoms. The van der Waals surface area contributed by atoms with Crippen molar-refractivity contribution in [3.05, 3.63) is 58.5 Å². The molecule has 1 aliphatic heterocycles. The molecule has 0 radical (unpaired) electrons. The molecule has 3 aromatic rings. The lowest BCUT2D eigenvalue weighted by Crippen LogP contribution is -2.28. The fourth-order valence-corrected chi connectivity index (χ4v) is 2.84. The Morgan fingerprint density at radius 1 is 1.38 bits per heavy atom. The van der Waals surface area contributed by atoms with Crippen LogP contribution in [0.15, 0.2) is 36.5 Å². The molecular weight excluding hydrogens is 356 g/mol. The first-order valence-corrected chi connectivity index (χ1v) is 8.19. The molecule has 2 aromatic heterocycles. The number of benzene rings is 1. The fourth-order valence-electron chi connectivity index (χ4n) is 2.73. The Bertz CT molecular complexity index is 992. The first-order chi connectivity index (χ1) is 12.5. The summed E-state index contributed by atoms with van der Waals surface area (Å²) in [7, 11) is -0.972. The van der Waals surface area contributed by atoms with Crippen LogP contribution in [0.1, 0.15) is 21.7 Å². The lowest BCUT2D eigenvalue weighted by molar-refractivity contribution is 0.102. The van der Waals surface area contributed by atoms with Crippen LogP contribution in [0.5, 0.6) is 0 Å². The van der Waals surface area contributed by atoms with E-state index in [2.05, 4.69) is 20.6 Å². The maximum Gasteiger partial charge on any atom is 0.491 e. The van der Waals surface area contributed by atoms with E-state index >= 15 is 0 Å². The molecule has 0 aliphatic carbocycles. The van der Waals surface area contributed by atoms with E-state index in [4.69, 9.17) is 16.3 Å². The van der Waals surface area contributed by atoms with Crippen molar-refractivity contribution in [2.75, 3.05) is 5.32 Å². The maximum atomic E-state index is 12.6. The minimum absolute atomic E-state index is 0.180. The molecule has 3 heterocycles. The smallest absolute Gasteiger partial charge is 0.423 e. The molecule has 0 saturated heterocycles. The largest absolute Gasteiger partial charge is 0.491 e. The minimum Gasteiger partial charge on any atom is -0.423 e. The lowest BCUT2D eigenvalue weighted by Gasteiger charge is -2.07. The number of aromatic nitrogens is 4. The number of nitrogens with one attached hydrogen (secondary N) is 1. The molecule has 130 valence electrons. The third-order valence-electron chi connectivity index (χ3n) is 4.10. The van der Waals surface area contributed by atoms with Crippen molar-refractivity contribution < 1.29 is 14.5 Å². The molecule has 0 unspecified atom stereocenters. The minimum atomic E-state index is -0.972. The molecule has 0 spiro atoms. The second-order valence-corrected chi connectivity index (χ2v) is 6.24. The topological polar surface area (TPSA) is 102 Å². The number of anilines is 1. The predicted molar refractivity (Wildman–Crippen MR) is 95.7 cm³/mol. The third-order valence-corrected chi connectivity index (χ3v) is 4.33. The first kappa shape index (κ1) is 16.7. The number of rotatable bonds is 3. The van der Waals surface area contributed by atoms with Crippen LogP contribution >= 0.6 is 11.6 Å². The molecule has 0 atom stereocenters. The van der Waals surface area contributed by atoms with Crippen molar-refractivity contribution in [2.45, 2.75) is 13.5 Å². The van der Waals surface area contributed by atoms with Crippen molar-refractivity contribution in [1.29, 1.82) is 0 Å². The van der Waals surface area contributed by atoms with E-state index in [1.165, 1.54) is 10.9 Å². The Labute approximate surface area is 153 Å². The van der Waals surface area contributed by atoms with Gasteiger partial charge in [-0.3, -0.25) is 4.79 Å². The number of hydrogen-bond donors (Lipinski definition) is 2. The summed E-state index contributed by atoms with van der Waals surface area (Å²) in [4.78, 5) is 16.7. The highest BCUT2D eigenvalue weighted by molar-refractivity contribution is 6.61. The Hall–Kier alpha value is -2.75. The average Bonchev–Trinajstić information content (AvgIpc) is 3.19. The summed E-state index contributed by atoms with van der Waals surface area (Å²) in [6.07, 6.45) is 1.50. The van der Waals surface area contributed by atoms with Gasteiger partial charge in [-0.25, -0.2) is 4.98 Å². The van der Waals surface area contributed by atoms with Crippen molar-refractivity contribution in [2.24, 2.45) is 0 Å². The number of fused-ring (bicyclic) bond motifs is 1. The van der Waals surface area contributed by atoms with Crippen LogP contribution in [0.25, 0.3) is 5.82 Å². The third kappa shape index (κ3) is 2.96. The molecule has 0 saturated carbocycles. The number of nitrogens with zero attached hydrogens (tertiary/aromatic N) is 4. The van der Waals surface area contributed by atoms with E-state index in [9.17, 15) is 9.82 Å². The Kier molecular flexibility index (Phi) is 4.19. The van der Waals surface area contributed by atoms with E-state index in [1.807, 2.05) is 6.07 Å². The van der Waals surface area contributed by atoms with Gasteiger partial charge in [0.1, 0.15) is 0 Å². The lowest BCUT2D eigenvalue weighted by atomic mass is 9.79. The number of amides is 1. The fraction of sp³-hybridized carbons (Fsp3) is 0.125. The zero-order chi connectivity index (χ0) is 18.3. The number of hydrogen-bond acceptors (Lipinski definition) is 6. The summed E-state index contributed by atoms with van der Waals surface area (Å²) in [6, 6.07) is 8.61. The van der Waals surface area contributed by atoms with E-state index in [0.717, 1.165) is 5.56 Å². The number of halogens is 1. The second kappa shape index (κ2) is 6.52. The van der Waals surface area contributed by atoms with Crippen molar-refractivity contribution >= 4 is 35.8 Å². The van der Waals surface area contributed by atoms with E-state index in [1.54, 1.807) is 31.2 Å². The first-order valence-electron chi connectivity index (χ1n) is 7.81. The molecule has 0 fully saturated rings. The van der Waals surface area contributed by atoms with Gasteiger partial charge in [-0.1, -0.05) is 22.9 Å². The molecule has 1 aromatic carbocycles. The molecule has 1 aliphatic rings. The zero-order valence-electron chi connectivity index (χ0n) is 13.7. The van der Waals surface area contributed by atoms with Crippen LogP contribution in [0.4, 0.5) is 5.69 Å². The van der Waals surface area contributed by atoms with Crippen LogP contribution in [0.3, 0.4) is 0 Å².